The first-order chi connectivity index (χ1) is 8.17. The Hall–Kier alpha value is -2.08. The third-order valence-corrected chi connectivity index (χ3v) is 2.66. The summed E-state index contributed by atoms with van der Waals surface area (Å²) in [6, 6.07) is 1.66. The van der Waals surface area contributed by atoms with E-state index in [0.717, 1.165) is 11.4 Å². The largest absolute Gasteiger partial charge is 0.493 e. The van der Waals surface area contributed by atoms with E-state index in [2.05, 4.69) is 9.97 Å². The molecule has 90 valence electrons. The molecule has 2 aromatic heterocycles. The average Bonchev–Trinajstić information content (AvgIpc) is 2.69. The van der Waals surface area contributed by atoms with E-state index in [-0.39, 0.29) is 0 Å². The minimum atomic E-state index is 0.472. The van der Waals surface area contributed by atoms with E-state index in [4.69, 9.17) is 9.94 Å². The number of nitrogens with zero attached hydrogens (tertiary/aromatic N) is 3. The summed E-state index contributed by atoms with van der Waals surface area (Å²) < 4.78 is 7.09. The molecule has 17 heavy (non-hydrogen) atoms. The Kier molecular flexibility index (Phi) is 2.97. The van der Waals surface area contributed by atoms with Crippen LogP contribution in [0.1, 0.15) is 11.4 Å². The van der Waals surface area contributed by atoms with Crippen LogP contribution in [-0.2, 0) is 0 Å². The molecule has 0 fully saturated rings. The van der Waals surface area contributed by atoms with Crippen LogP contribution in [0.25, 0.3) is 5.82 Å². The molecule has 0 unspecified atom stereocenters. The van der Waals surface area contributed by atoms with Crippen molar-refractivity contribution in [3.05, 3.63) is 30.0 Å². The molecule has 0 saturated carbocycles. The molecule has 0 aliphatic heterocycles. The number of hydrogen-bond acceptors (Lipinski definition) is 5. The molecule has 2 rings (SSSR count). The molecule has 0 saturated heterocycles. The van der Waals surface area contributed by atoms with Gasteiger partial charge in [-0.2, -0.15) is 0 Å². The number of rotatable bonds is 3. The van der Waals surface area contributed by atoms with Gasteiger partial charge in [-0.3, -0.25) is 15.3 Å². The Balaban J connectivity index is 2.55. The highest BCUT2D eigenvalue weighted by molar-refractivity contribution is 5.52. The van der Waals surface area contributed by atoms with Gasteiger partial charge in [0.15, 0.2) is 11.6 Å². The lowest BCUT2D eigenvalue weighted by atomic mass is 10.3. The van der Waals surface area contributed by atoms with Gasteiger partial charge in [-0.05, 0) is 13.8 Å². The highest BCUT2D eigenvalue weighted by atomic mass is 16.5. The van der Waals surface area contributed by atoms with Crippen LogP contribution in [0.2, 0.25) is 0 Å². The number of imidazole rings is 1. The third-order valence-electron chi connectivity index (χ3n) is 2.66. The maximum atomic E-state index is 8.81. The van der Waals surface area contributed by atoms with Crippen molar-refractivity contribution in [3.63, 3.8) is 0 Å². The second-order valence-corrected chi connectivity index (χ2v) is 3.65. The molecule has 0 aromatic carbocycles. The summed E-state index contributed by atoms with van der Waals surface area (Å²) in [7, 11) is 1.56. The number of methoxy groups -OCH3 is 1. The monoisotopic (exact) mass is 234 g/mol. The zero-order valence-electron chi connectivity index (χ0n) is 9.93. The van der Waals surface area contributed by atoms with E-state index in [9.17, 15) is 0 Å². The van der Waals surface area contributed by atoms with Crippen LogP contribution in [0, 0.1) is 13.8 Å². The molecule has 2 N–H and O–H groups in total. The van der Waals surface area contributed by atoms with Gasteiger partial charge in [-0.25, -0.2) is 9.97 Å². The van der Waals surface area contributed by atoms with Gasteiger partial charge in [0, 0.05) is 11.8 Å². The summed E-state index contributed by atoms with van der Waals surface area (Å²) in [4.78, 5) is 8.45. The predicted molar refractivity (Wildman–Crippen MR) is 62.8 cm³/mol. The standard InChI is InChI=1S/C11H14N4O2/c1-7-8(2)15(6-13-7)11-10(17-3)4-9(14-16)5-12-11/h4-6,14,16H,1-3H3. The van der Waals surface area contributed by atoms with Crippen molar-refractivity contribution in [3.8, 4) is 11.6 Å². The topological polar surface area (TPSA) is 72.2 Å². The molecular formula is C11H14N4O2. The number of hydrogen-bond donors (Lipinski definition) is 2. The Labute approximate surface area is 98.9 Å². The summed E-state index contributed by atoms with van der Waals surface area (Å²) in [5.41, 5.74) is 4.45. The number of ether oxygens (including phenoxy) is 1. The molecule has 2 aromatic rings. The number of aromatic nitrogens is 3. The Morgan fingerprint density at radius 3 is 2.65 bits per heavy atom. The smallest absolute Gasteiger partial charge is 0.181 e. The SMILES string of the molecule is COc1cc(NO)cnc1-n1cnc(C)c1C. The van der Waals surface area contributed by atoms with Gasteiger partial charge in [0.05, 0.1) is 24.7 Å². The fourth-order valence-corrected chi connectivity index (χ4v) is 1.54. The quantitative estimate of drug-likeness (QED) is 0.791. The number of pyridine rings is 1. The van der Waals surface area contributed by atoms with Crippen molar-refractivity contribution in [1.29, 1.82) is 0 Å². The minimum Gasteiger partial charge on any atom is -0.493 e. The minimum absolute atomic E-state index is 0.472. The molecule has 6 nitrogen and oxygen atoms in total. The van der Waals surface area contributed by atoms with Gasteiger partial charge < -0.3 is 4.74 Å². The molecule has 6 heteroatoms. The summed E-state index contributed by atoms with van der Waals surface area (Å²) in [5, 5.41) is 8.81. The maximum absolute atomic E-state index is 8.81. The Bertz CT molecular complexity index is 536. The Morgan fingerprint density at radius 2 is 2.12 bits per heavy atom. The van der Waals surface area contributed by atoms with Gasteiger partial charge >= 0.3 is 0 Å². The highest BCUT2D eigenvalue weighted by Crippen LogP contribution is 2.25. The summed E-state index contributed by atoms with van der Waals surface area (Å²) in [6.07, 6.45) is 3.22. The number of anilines is 1. The summed E-state index contributed by atoms with van der Waals surface area (Å²) in [5.74, 6) is 1.20. The van der Waals surface area contributed by atoms with Crippen LogP contribution >= 0.6 is 0 Å². The fraction of sp³-hybridized carbons (Fsp3) is 0.273. The van der Waals surface area contributed by atoms with Crippen molar-refractivity contribution in [2.75, 3.05) is 12.6 Å². The van der Waals surface area contributed by atoms with Gasteiger partial charge in [-0.15, -0.1) is 0 Å². The van der Waals surface area contributed by atoms with Crippen LogP contribution in [0.15, 0.2) is 18.6 Å². The zero-order chi connectivity index (χ0) is 12.4. The van der Waals surface area contributed by atoms with Crippen LogP contribution in [-0.4, -0.2) is 26.9 Å². The van der Waals surface area contributed by atoms with E-state index in [1.165, 1.54) is 6.20 Å². The van der Waals surface area contributed by atoms with Crippen LogP contribution in [0.4, 0.5) is 5.69 Å². The lowest BCUT2D eigenvalue weighted by Crippen LogP contribution is -2.03. The summed E-state index contributed by atoms with van der Waals surface area (Å²) in [6.45, 7) is 3.89. The summed E-state index contributed by atoms with van der Waals surface area (Å²) >= 11 is 0. The normalized spacial score (nSPS) is 10.4. The maximum Gasteiger partial charge on any atom is 0.181 e. The second kappa shape index (κ2) is 4.42. The molecule has 2 heterocycles. The predicted octanol–water partition coefficient (Wildman–Crippen LogP) is 1.69. The molecule has 0 spiro atoms. The van der Waals surface area contributed by atoms with E-state index in [1.807, 2.05) is 23.9 Å². The van der Waals surface area contributed by atoms with Crippen LogP contribution < -0.4 is 10.2 Å². The van der Waals surface area contributed by atoms with Crippen LogP contribution in [0.3, 0.4) is 0 Å². The van der Waals surface area contributed by atoms with Crippen molar-refractivity contribution in [2.24, 2.45) is 0 Å². The molecular weight excluding hydrogens is 220 g/mol. The molecule has 0 aliphatic rings. The second-order valence-electron chi connectivity index (χ2n) is 3.65. The Morgan fingerprint density at radius 1 is 1.35 bits per heavy atom. The lowest BCUT2D eigenvalue weighted by Gasteiger charge is -2.11. The molecule has 0 radical (unpaired) electrons. The van der Waals surface area contributed by atoms with Crippen molar-refractivity contribution in [1.82, 2.24) is 14.5 Å². The lowest BCUT2D eigenvalue weighted by molar-refractivity contribution is 0.385. The molecule has 0 bridgehead atoms. The molecule has 0 atom stereocenters. The fourth-order valence-electron chi connectivity index (χ4n) is 1.54. The average molecular weight is 234 g/mol. The number of aryl methyl sites for hydroxylation is 1. The van der Waals surface area contributed by atoms with Crippen molar-refractivity contribution < 1.29 is 9.94 Å². The van der Waals surface area contributed by atoms with E-state index in [0.29, 0.717) is 17.3 Å². The molecule has 0 aliphatic carbocycles. The van der Waals surface area contributed by atoms with Gasteiger partial charge in [0.2, 0.25) is 0 Å². The van der Waals surface area contributed by atoms with E-state index >= 15 is 0 Å². The first kappa shape index (κ1) is 11.4. The van der Waals surface area contributed by atoms with E-state index in [1.54, 1.807) is 19.5 Å². The first-order valence-electron chi connectivity index (χ1n) is 5.12. The number of nitrogens with one attached hydrogen (secondary N) is 1. The zero-order valence-corrected chi connectivity index (χ0v) is 9.93. The molecule has 0 amide bonds. The highest BCUT2D eigenvalue weighted by Gasteiger charge is 2.11. The van der Waals surface area contributed by atoms with Crippen molar-refractivity contribution >= 4 is 5.69 Å². The van der Waals surface area contributed by atoms with Gasteiger partial charge in [-0.1, -0.05) is 0 Å². The third kappa shape index (κ3) is 1.94. The van der Waals surface area contributed by atoms with Gasteiger partial charge in [0.25, 0.3) is 0 Å². The van der Waals surface area contributed by atoms with Crippen LogP contribution in [0.5, 0.6) is 5.75 Å². The van der Waals surface area contributed by atoms with Crippen molar-refractivity contribution in [2.45, 2.75) is 13.8 Å². The van der Waals surface area contributed by atoms with E-state index < -0.39 is 0 Å². The van der Waals surface area contributed by atoms with Gasteiger partial charge in [0.1, 0.15) is 6.33 Å². The first-order valence-corrected chi connectivity index (χ1v) is 5.12.